The number of hydrogen-bond donors (Lipinski definition) is 0. The van der Waals surface area contributed by atoms with E-state index in [1.165, 1.54) is 0 Å². The molecule has 1 saturated heterocycles. The largest absolute Gasteiger partial charge is 0.453 e. The molecule has 1 aliphatic rings. The molecule has 0 aromatic carbocycles. The summed E-state index contributed by atoms with van der Waals surface area (Å²) in [6, 6.07) is -0.708. The van der Waals surface area contributed by atoms with Gasteiger partial charge in [0.15, 0.2) is 5.83 Å². The fraction of sp³-hybridized carbons (Fsp3) is 0.500. The molecule has 6 nitrogen and oxygen atoms in total. The minimum absolute atomic E-state index is 0.0874. The van der Waals surface area contributed by atoms with Gasteiger partial charge < -0.3 is 4.90 Å². The van der Waals surface area contributed by atoms with Crippen LogP contribution in [-0.4, -0.2) is 44.1 Å². The fourth-order valence-corrected chi connectivity index (χ4v) is 1.57. The maximum atomic E-state index is 12.5. The predicted molar refractivity (Wildman–Crippen MR) is 48.7 cm³/mol. The van der Waals surface area contributed by atoms with Crippen LogP contribution in [0.15, 0.2) is 12.4 Å². The van der Waals surface area contributed by atoms with Gasteiger partial charge in [0, 0.05) is 13.1 Å². The zero-order valence-corrected chi connectivity index (χ0v) is 8.85. The molecule has 0 aliphatic carbocycles. The van der Waals surface area contributed by atoms with Gasteiger partial charge in [0.1, 0.15) is 0 Å². The van der Waals surface area contributed by atoms with E-state index in [9.17, 15) is 22.4 Å². The highest BCUT2D eigenvalue weighted by molar-refractivity contribution is 5.91. The van der Waals surface area contributed by atoms with Crippen LogP contribution in [0.3, 0.4) is 0 Å². The molecule has 0 atom stereocenters. The number of aromatic nitrogens is 4. The van der Waals surface area contributed by atoms with Crippen molar-refractivity contribution < 1.29 is 22.4 Å². The van der Waals surface area contributed by atoms with E-state index in [0.717, 1.165) is 4.90 Å². The quantitative estimate of drug-likeness (QED) is 0.579. The molecular formula is C8H7F4N5O. The summed E-state index contributed by atoms with van der Waals surface area (Å²) in [5, 5.41) is 9.05. The second-order valence-corrected chi connectivity index (χ2v) is 3.71. The van der Waals surface area contributed by atoms with Crippen LogP contribution in [0.2, 0.25) is 0 Å². The molecule has 0 bridgehead atoms. The molecule has 2 heterocycles. The van der Waals surface area contributed by atoms with Crippen LogP contribution in [-0.2, 0) is 11.0 Å². The predicted octanol–water partition coefficient (Wildman–Crippen LogP) is 0.558. The molecule has 2 rings (SSSR count). The highest BCUT2D eigenvalue weighted by Crippen LogP contribution is 2.31. The number of rotatable bonds is 2. The zero-order valence-electron chi connectivity index (χ0n) is 8.85. The highest BCUT2D eigenvalue weighted by Gasteiger charge is 2.43. The summed E-state index contributed by atoms with van der Waals surface area (Å²) in [5.74, 6) is -3.33. The number of tetrazole rings is 1. The number of nitrogens with zero attached hydrogens (tertiary/aromatic N) is 5. The lowest BCUT2D eigenvalue weighted by molar-refractivity contribution is -0.151. The minimum Gasteiger partial charge on any atom is -0.332 e. The van der Waals surface area contributed by atoms with Gasteiger partial charge in [-0.2, -0.15) is 13.2 Å². The number of carbonyl (C=O) groups excluding carboxylic acids is 1. The molecule has 0 N–H and O–H groups in total. The summed E-state index contributed by atoms with van der Waals surface area (Å²) < 4.78 is 50.5. The third-order valence-electron chi connectivity index (χ3n) is 2.47. The number of hydrogen-bond acceptors (Lipinski definition) is 4. The molecule has 1 aromatic heterocycles. The van der Waals surface area contributed by atoms with Crippen molar-refractivity contribution >= 4 is 5.91 Å². The normalized spacial score (nSPS) is 16.6. The van der Waals surface area contributed by atoms with Gasteiger partial charge in [-0.05, 0) is 10.4 Å². The van der Waals surface area contributed by atoms with Crippen molar-refractivity contribution in [1.29, 1.82) is 0 Å². The molecule has 1 amide bonds. The van der Waals surface area contributed by atoms with Gasteiger partial charge in [-0.1, -0.05) is 6.58 Å². The molecule has 18 heavy (non-hydrogen) atoms. The van der Waals surface area contributed by atoms with Crippen LogP contribution >= 0.6 is 0 Å². The SMILES string of the molecule is C=C(F)C(=O)N1CC(n2nnnc2C(F)(F)F)C1. The average Bonchev–Trinajstić information content (AvgIpc) is 2.63. The smallest absolute Gasteiger partial charge is 0.332 e. The van der Waals surface area contributed by atoms with Crippen molar-refractivity contribution in [3.05, 3.63) is 18.2 Å². The van der Waals surface area contributed by atoms with E-state index in [1.54, 1.807) is 0 Å². The number of amides is 1. The minimum atomic E-state index is -4.67. The van der Waals surface area contributed by atoms with Crippen LogP contribution < -0.4 is 0 Å². The van der Waals surface area contributed by atoms with Crippen LogP contribution in [0.1, 0.15) is 11.9 Å². The third kappa shape index (κ3) is 2.05. The number of likely N-dealkylation sites (tertiary alicyclic amines) is 1. The Bertz CT molecular complexity index is 490. The van der Waals surface area contributed by atoms with E-state index in [-0.39, 0.29) is 13.1 Å². The van der Waals surface area contributed by atoms with Crippen LogP contribution in [0.25, 0.3) is 0 Å². The summed E-state index contributed by atoms with van der Waals surface area (Å²) in [5.41, 5.74) is 0. The van der Waals surface area contributed by atoms with Crippen LogP contribution in [0.4, 0.5) is 17.6 Å². The van der Waals surface area contributed by atoms with Gasteiger partial charge in [-0.3, -0.25) is 4.79 Å². The van der Waals surface area contributed by atoms with Gasteiger partial charge in [0.05, 0.1) is 6.04 Å². The van der Waals surface area contributed by atoms with E-state index < -0.39 is 29.8 Å². The Morgan fingerprint density at radius 3 is 2.50 bits per heavy atom. The van der Waals surface area contributed by atoms with Crippen molar-refractivity contribution in [3.63, 3.8) is 0 Å². The van der Waals surface area contributed by atoms with E-state index >= 15 is 0 Å². The van der Waals surface area contributed by atoms with E-state index in [1.807, 2.05) is 0 Å². The molecule has 0 saturated carbocycles. The van der Waals surface area contributed by atoms with Crippen LogP contribution in [0.5, 0.6) is 0 Å². The lowest BCUT2D eigenvalue weighted by atomic mass is 10.1. The molecule has 0 spiro atoms. The molecule has 1 fully saturated rings. The Balaban J connectivity index is 2.07. The molecule has 1 aromatic rings. The topological polar surface area (TPSA) is 63.9 Å². The first-order chi connectivity index (χ1) is 8.30. The van der Waals surface area contributed by atoms with Crippen LogP contribution in [0, 0.1) is 0 Å². The average molecular weight is 265 g/mol. The molecule has 10 heteroatoms. The molecular weight excluding hydrogens is 258 g/mol. The Labute approximate surface area is 97.9 Å². The van der Waals surface area contributed by atoms with E-state index in [0.29, 0.717) is 4.68 Å². The van der Waals surface area contributed by atoms with Gasteiger partial charge in [-0.15, -0.1) is 5.10 Å². The first-order valence-corrected chi connectivity index (χ1v) is 4.79. The summed E-state index contributed by atoms with van der Waals surface area (Å²) >= 11 is 0. The first kappa shape index (κ1) is 12.5. The Kier molecular flexibility index (Phi) is 2.79. The van der Waals surface area contributed by atoms with Gasteiger partial charge in [-0.25, -0.2) is 9.07 Å². The monoisotopic (exact) mass is 265 g/mol. The summed E-state index contributed by atoms with van der Waals surface area (Å²) in [6.07, 6.45) is -4.67. The van der Waals surface area contributed by atoms with Crippen molar-refractivity contribution in [2.75, 3.05) is 13.1 Å². The summed E-state index contributed by atoms with van der Waals surface area (Å²) in [6.45, 7) is 2.64. The summed E-state index contributed by atoms with van der Waals surface area (Å²) in [4.78, 5) is 12.1. The number of halogens is 4. The maximum Gasteiger partial charge on any atom is 0.453 e. The molecule has 1 aliphatic heterocycles. The lowest BCUT2D eigenvalue weighted by Crippen LogP contribution is -2.51. The Hall–Kier alpha value is -2.00. The van der Waals surface area contributed by atoms with E-state index in [4.69, 9.17) is 0 Å². The van der Waals surface area contributed by atoms with Crippen molar-refractivity contribution in [2.24, 2.45) is 0 Å². The maximum absolute atomic E-state index is 12.5. The molecule has 0 radical (unpaired) electrons. The Morgan fingerprint density at radius 2 is 2.00 bits per heavy atom. The molecule has 0 unspecified atom stereocenters. The fourth-order valence-electron chi connectivity index (χ4n) is 1.57. The van der Waals surface area contributed by atoms with E-state index in [2.05, 4.69) is 22.1 Å². The van der Waals surface area contributed by atoms with Crippen molar-refractivity contribution in [2.45, 2.75) is 12.2 Å². The van der Waals surface area contributed by atoms with Gasteiger partial charge >= 0.3 is 6.18 Å². The second-order valence-electron chi connectivity index (χ2n) is 3.71. The zero-order chi connectivity index (χ0) is 13.5. The first-order valence-electron chi connectivity index (χ1n) is 4.79. The lowest BCUT2D eigenvalue weighted by Gasteiger charge is -2.38. The van der Waals surface area contributed by atoms with Crippen molar-refractivity contribution in [1.82, 2.24) is 25.1 Å². The Morgan fingerprint density at radius 1 is 1.39 bits per heavy atom. The number of alkyl halides is 3. The molecule has 98 valence electrons. The van der Waals surface area contributed by atoms with Gasteiger partial charge in [0.2, 0.25) is 0 Å². The second kappa shape index (κ2) is 4.03. The highest BCUT2D eigenvalue weighted by atomic mass is 19.4. The summed E-state index contributed by atoms with van der Waals surface area (Å²) in [7, 11) is 0. The van der Waals surface area contributed by atoms with Crippen molar-refractivity contribution in [3.8, 4) is 0 Å². The number of carbonyl (C=O) groups is 1. The standard InChI is InChI=1S/C8H7F4N5O/c1-4(9)6(18)16-2-5(3-16)17-7(8(10,11)12)13-14-15-17/h5H,1-3H2. The van der Waals surface area contributed by atoms with Gasteiger partial charge in [0.25, 0.3) is 11.7 Å². The third-order valence-corrected chi connectivity index (χ3v) is 2.47.